The molecule has 0 spiro atoms. The van der Waals surface area contributed by atoms with E-state index in [-0.39, 0.29) is 11.4 Å². The number of ether oxygens (including phenoxy) is 1. The SMILES string of the molecule is COC(=O)C1=C(C)[C@H](c2cccc([N+](=O)[O-])c2)NC(=O)N1C. The van der Waals surface area contributed by atoms with E-state index in [1.807, 2.05) is 0 Å². The number of methoxy groups -OCH3 is 1. The second kappa shape index (κ2) is 5.84. The predicted octanol–water partition coefficient (Wildman–Crippen LogP) is 1.74. The van der Waals surface area contributed by atoms with Gasteiger partial charge in [-0.2, -0.15) is 0 Å². The Kier molecular flexibility index (Phi) is 4.11. The standard InChI is InChI=1S/C14H15N3O5/c1-8-11(9-5-4-6-10(7-9)17(20)21)15-14(19)16(2)12(8)13(18)22-3/h4-7,11H,1-3H3,(H,15,19)/t11-/m1/s1. The normalized spacial score (nSPS) is 18.0. The van der Waals surface area contributed by atoms with Gasteiger partial charge in [-0.1, -0.05) is 12.1 Å². The first-order valence-electron chi connectivity index (χ1n) is 6.44. The molecule has 22 heavy (non-hydrogen) atoms. The number of amides is 2. The van der Waals surface area contributed by atoms with Crippen molar-refractivity contribution in [3.05, 3.63) is 51.2 Å². The minimum Gasteiger partial charge on any atom is -0.464 e. The maximum absolute atomic E-state index is 12.0. The summed E-state index contributed by atoms with van der Waals surface area (Å²) in [6, 6.07) is 4.81. The Morgan fingerprint density at radius 3 is 2.73 bits per heavy atom. The highest BCUT2D eigenvalue weighted by atomic mass is 16.6. The van der Waals surface area contributed by atoms with Crippen LogP contribution in [0.15, 0.2) is 35.5 Å². The highest BCUT2D eigenvalue weighted by Crippen LogP contribution is 2.31. The maximum atomic E-state index is 12.0. The first-order chi connectivity index (χ1) is 10.4. The summed E-state index contributed by atoms with van der Waals surface area (Å²) in [5.41, 5.74) is 1.12. The fraction of sp³-hybridized carbons (Fsp3) is 0.286. The van der Waals surface area contributed by atoms with Crippen molar-refractivity contribution in [2.45, 2.75) is 13.0 Å². The number of rotatable bonds is 3. The van der Waals surface area contributed by atoms with E-state index in [0.717, 1.165) is 4.90 Å². The van der Waals surface area contributed by atoms with Crippen molar-refractivity contribution >= 4 is 17.7 Å². The lowest BCUT2D eigenvalue weighted by Gasteiger charge is -2.32. The first-order valence-corrected chi connectivity index (χ1v) is 6.44. The summed E-state index contributed by atoms with van der Waals surface area (Å²) in [4.78, 5) is 35.4. The molecule has 0 saturated heterocycles. The molecule has 0 fully saturated rings. The van der Waals surface area contributed by atoms with Crippen LogP contribution in [0.2, 0.25) is 0 Å². The van der Waals surface area contributed by atoms with Crippen LogP contribution in [0, 0.1) is 10.1 Å². The van der Waals surface area contributed by atoms with Gasteiger partial charge in [0.05, 0.1) is 18.1 Å². The van der Waals surface area contributed by atoms with Gasteiger partial charge in [-0.25, -0.2) is 9.59 Å². The van der Waals surface area contributed by atoms with Crippen LogP contribution in [0.25, 0.3) is 0 Å². The fourth-order valence-electron chi connectivity index (χ4n) is 2.38. The quantitative estimate of drug-likeness (QED) is 0.520. The van der Waals surface area contributed by atoms with Crippen molar-refractivity contribution in [2.75, 3.05) is 14.2 Å². The van der Waals surface area contributed by atoms with Gasteiger partial charge in [0.2, 0.25) is 0 Å². The molecule has 0 radical (unpaired) electrons. The summed E-state index contributed by atoms with van der Waals surface area (Å²) in [5, 5.41) is 13.6. The fourth-order valence-corrected chi connectivity index (χ4v) is 2.38. The summed E-state index contributed by atoms with van der Waals surface area (Å²) >= 11 is 0. The van der Waals surface area contributed by atoms with Crippen molar-refractivity contribution < 1.29 is 19.2 Å². The lowest BCUT2D eigenvalue weighted by atomic mass is 9.95. The average Bonchev–Trinajstić information content (AvgIpc) is 2.50. The van der Waals surface area contributed by atoms with Crippen LogP contribution in [-0.4, -0.2) is 36.0 Å². The lowest BCUT2D eigenvalue weighted by Crippen LogP contribution is -2.46. The number of esters is 1. The number of benzene rings is 1. The number of nitrogens with one attached hydrogen (secondary N) is 1. The molecule has 0 saturated carbocycles. The molecule has 1 aromatic carbocycles. The zero-order valence-corrected chi connectivity index (χ0v) is 12.3. The number of carbonyl (C=O) groups is 2. The lowest BCUT2D eigenvalue weighted by molar-refractivity contribution is -0.384. The van der Waals surface area contributed by atoms with Gasteiger partial charge in [-0.3, -0.25) is 15.0 Å². The number of carbonyl (C=O) groups excluding carboxylic acids is 2. The average molecular weight is 305 g/mol. The van der Waals surface area contributed by atoms with Crippen molar-refractivity contribution in [1.29, 1.82) is 0 Å². The molecule has 1 N–H and O–H groups in total. The Morgan fingerprint density at radius 1 is 1.45 bits per heavy atom. The Bertz CT molecular complexity index is 683. The molecule has 8 nitrogen and oxygen atoms in total. The van der Waals surface area contributed by atoms with Crippen LogP contribution in [0.4, 0.5) is 10.5 Å². The number of urea groups is 1. The molecule has 1 aliphatic rings. The van der Waals surface area contributed by atoms with Gasteiger partial charge in [0.15, 0.2) is 0 Å². The Balaban J connectivity index is 2.52. The summed E-state index contributed by atoms with van der Waals surface area (Å²) in [7, 11) is 2.68. The topological polar surface area (TPSA) is 102 Å². The molecule has 116 valence electrons. The third-order valence-corrected chi connectivity index (χ3v) is 3.51. The molecule has 8 heteroatoms. The van der Waals surface area contributed by atoms with E-state index in [1.54, 1.807) is 13.0 Å². The highest BCUT2D eigenvalue weighted by Gasteiger charge is 2.34. The molecule has 0 bridgehead atoms. The number of nitro groups is 1. The van der Waals surface area contributed by atoms with Gasteiger partial charge < -0.3 is 10.1 Å². The predicted molar refractivity (Wildman–Crippen MR) is 76.8 cm³/mol. The molecule has 1 aromatic rings. The van der Waals surface area contributed by atoms with E-state index in [4.69, 9.17) is 4.74 Å². The van der Waals surface area contributed by atoms with Crippen molar-refractivity contribution in [3.63, 3.8) is 0 Å². The molecule has 1 atom stereocenters. The maximum Gasteiger partial charge on any atom is 0.354 e. The van der Waals surface area contributed by atoms with E-state index in [2.05, 4.69) is 5.32 Å². The van der Waals surface area contributed by atoms with Gasteiger partial charge in [-0.05, 0) is 18.1 Å². The second-order valence-electron chi connectivity index (χ2n) is 4.82. The van der Waals surface area contributed by atoms with Gasteiger partial charge in [0.1, 0.15) is 5.70 Å². The Labute approximate surface area is 126 Å². The van der Waals surface area contributed by atoms with Crippen molar-refractivity contribution in [2.24, 2.45) is 0 Å². The number of nitrogens with zero attached hydrogens (tertiary/aromatic N) is 2. The zero-order valence-electron chi connectivity index (χ0n) is 12.3. The molecule has 2 rings (SSSR count). The van der Waals surface area contributed by atoms with E-state index < -0.39 is 23.0 Å². The molecule has 1 aliphatic heterocycles. The molecule has 0 unspecified atom stereocenters. The van der Waals surface area contributed by atoms with Gasteiger partial charge in [0.25, 0.3) is 5.69 Å². The monoisotopic (exact) mass is 305 g/mol. The summed E-state index contributed by atoms with van der Waals surface area (Å²) in [5.74, 6) is -0.634. The van der Waals surface area contributed by atoms with Crippen LogP contribution >= 0.6 is 0 Å². The molecule has 2 amide bonds. The van der Waals surface area contributed by atoms with Crippen LogP contribution in [0.1, 0.15) is 18.5 Å². The second-order valence-corrected chi connectivity index (χ2v) is 4.82. The molecule has 0 aromatic heterocycles. The van der Waals surface area contributed by atoms with Crippen molar-refractivity contribution in [1.82, 2.24) is 10.2 Å². The van der Waals surface area contributed by atoms with Crippen LogP contribution in [0.5, 0.6) is 0 Å². The number of non-ortho nitro benzene ring substituents is 1. The minimum atomic E-state index is -0.634. The Morgan fingerprint density at radius 2 is 2.14 bits per heavy atom. The summed E-state index contributed by atoms with van der Waals surface area (Å²) < 4.78 is 4.70. The number of likely N-dealkylation sites (N-methyl/N-ethyl adjacent to an activating group) is 1. The smallest absolute Gasteiger partial charge is 0.354 e. The Hall–Kier alpha value is -2.90. The molecular weight excluding hydrogens is 290 g/mol. The van der Waals surface area contributed by atoms with E-state index in [9.17, 15) is 19.7 Å². The van der Waals surface area contributed by atoms with Crippen molar-refractivity contribution in [3.8, 4) is 0 Å². The zero-order chi connectivity index (χ0) is 16.4. The van der Waals surface area contributed by atoms with E-state index >= 15 is 0 Å². The number of nitro benzene ring substituents is 1. The first kappa shape index (κ1) is 15.5. The van der Waals surface area contributed by atoms with E-state index in [1.165, 1.54) is 32.4 Å². The minimum absolute atomic E-state index is 0.0851. The number of hydrogen-bond acceptors (Lipinski definition) is 5. The van der Waals surface area contributed by atoms with Gasteiger partial charge in [0, 0.05) is 19.2 Å². The van der Waals surface area contributed by atoms with Crippen LogP contribution in [-0.2, 0) is 9.53 Å². The molecule has 0 aliphatic carbocycles. The highest BCUT2D eigenvalue weighted by molar-refractivity contribution is 5.95. The van der Waals surface area contributed by atoms with Crippen LogP contribution < -0.4 is 5.32 Å². The summed E-state index contributed by atoms with van der Waals surface area (Å²) in [6.07, 6.45) is 0. The molecule has 1 heterocycles. The van der Waals surface area contributed by atoms with E-state index in [0.29, 0.717) is 11.1 Å². The van der Waals surface area contributed by atoms with Gasteiger partial charge in [-0.15, -0.1) is 0 Å². The largest absolute Gasteiger partial charge is 0.464 e. The number of hydrogen-bond donors (Lipinski definition) is 1. The third kappa shape index (κ3) is 2.62. The van der Waals surface area contributed by atoms with Gasteiger partial charge >= 0.3 is 12.0 Å². The van der Waals surface area contributed by atoms with Crippen LogP contribution in [0.3, 0.4) is 0 Å². The third-order valence-electron chi connectivity index (χ3n) is 3.51. The summed E-state index contributed by atoms with van der Waals surface area (Å²) in [6.45, 7) is 1.67. The molecular formula is C14H15N3O5.